The van der Waals surface area contributed by atoms with Gasteiger partial charge in [0, 0.05) is 13.1 Å². The summed E-state index contributed by atoms with van der Waals surface area (Å²) < 4.78 is 0. The maximum absolute atomic E-state index is 12.3. The van der Waals surface area contributed by atoms with E-state index in [1.165, 1.54) is 0 Å². The number of hydrogen-bond donors (Lipinski definition) is 1. The van der Waals surface area contributed by atoms with E-state index < -0.39 is 0 Å². The summed E-state index contributed by atoms with van der Waals surface area (Å²) in [6, 6.07) is 0. The number of nitrogens with zero attached hydrogens (tertiary/aromatic N) is 1. The lowest BCUT2D eigenvalue weighted by Gasteiger charge is -2.34. The Bertz CT molecular complexity index is 231. The second-order valence-corrected chi connectivity index (χ2v) is 4.51. The van der Waals surface area contributed by atoms with Gasteiger partial charge in [-0.2, -0.15) is 0 Å². The molecule has 0 bridgehead atoms. The summed E-state index contributed by atoms with van der Waals surface area (Å²) in [6.07, 6.45) is 3.99. The van der Waals surface area contributed by atoms with Gasteiger partial charge >= 0.3 is 0 Å². The van der Waals surface area contributed by atoms with Crippen molar-refractivity contribution in [1.29, 1.82) is 0 Å². The van der Waals surface area contributed by atoms with E-state index in [-0.39, 0.29) is 11.3 Å². The molecule has 1 atom stereocenters. The van der Waals surface area contributed by atoms with Crippen molar-refractivity contribution in [2.24, 2.45) is 5.41 Å². The Morgan fingerprint density at radius 3 is 2.93 bits per heavy atom. The fraction of sp³-hybridized carbons (Fsp3) is 0.909. The molecule has 0 aliphatic carbocycles. The van der Waals surface area contributed by atoms with Crippen molar-refractivity contribution in [3.05, 3.63) is 0 Å². The molecule has 86 valence electrons. The van der Waals surface area contributed by atoms with Crippen LogP contribution in [0.5, 0.6) is 0 Å². The molecular weight excluding hydrogens is 192 g/mol. The quantitative estimate of drug-likeness (QED) is 0.740. The summed E-state index contributed by atoms with van der Waals surface area (Å²) >= 11 is 0. The van der Waals surface area contributed by atoms with Crippen molar-refractivity contribution in [2.75, 3.05) is 26.2 Å². The molecule has 2 aliphatic rings. The van der Waals surface area contributed by atoms with Crippen LogP contribution in [0.1, 0.15) is 32.6 Å². The molecule has 4 heteroatoms. The van der Waals surface area contributed by atoms with E-state index in [0.717, 1.165) is 45.3 Å². The number of amides is 1. The Balaban J connectivity index is 2.03. The molecule has 0 aromatic carbocycles. The first-order chi connectivity index (χ1) is 7.28. The molecule has 0 aromatic rings. The average molecular weight is 212 g/mol. The first-order valence-electron chi connectivity index (χ1n) is 5.94. The topological polar surface area (TPSA) is 41.6 Å². The molecule has 15 heavy (non-hydrogen) atoms. The number of carbonyl (C=O) groups excluding carboxylic acids is 1. The average Bonchev–Trinajstić information content (AvgIpc) is 2.79. The smallest absolute Gasteiger partial charge is 0.253 e. The summed E-state index contributed by atoms with van der Waals surface area (Å²) in [5.41, 5.74) is -0.197. The highest BCUT2D eigenvalue weighted by Crippen LogP contribution is 2.32. The van der Waals surface area contributed by atoms with Gasteiger partial charge in [-0.05, 0) is 32.2 Å². The van der Waals surface area contributed by atoms with Crippen molar-refractivity contribution >= 4 is 5.91 Å². The lowest BCUT2D eigenvalue weighted by molar-refractivity contribution is -0.206. The van der Waals surface area contributed by atoms with Crippen LogP contribution < -0.4 is 5.32 Å². The van der Waals surface area contributed by atoms with Crippen LogP contribution in [-0.2, 0) is 9.63 Å². The minimum atomic E-state index is -0.197. The maximum Gasteiger partial charge on any atom is 0.253 e. The van der Waals surface area contributed by atoms with Crippen LogP contribution in [0.2, 0.25) is 0 Å². The van der Waals surface area contributed by atoms with Gasteiger partial charge in [-0.1, -0.05) is 6.92 Å². The van der Waals surface area contributed by atoms with E-state index >= 15 is 0 Å². The molecule has 2 rings (SSSR count). The van der Waals surface area contributed by atoms with Crippen LogP contribution in [0.3, 0.4) is 0 Å². The zero-order chi connectivity index (χ0) is 10.7. The van der Waals surface area contributed by atoms with Gasteiger partial charge in [0.1, 0.15) is 0 Å². The molecule has 0 saturated carbocycles. The first kappa shape index (κ1) is 10.9. The molecule has 1 N–H and O–H groups in total. The van der Waals surface area contributed by atoms with Crippen LogP contribution in [0.25, 0.3) is 0 Å². The van der Waals surface area contributed by atoms with Gasteiger partial charge in [0.25, 0.3) is 5.91 Å². The molecule has 2 fully saturated rings. The minimum absolute atomic E-state index is 0.190. The van der Waals surface area contributed by atoms with Crippen molar-refractivity contribution in [2.45, 2.75) is 32.6 Å². The van der Waals surface area contributed by atoms with Gasteiger partial charge in [0.2, 0.25) is 0 Å². The summed E-state index contributed by atoms with van der Waals surface area (Å²) in [5, 5.41) is 4.88. The third kappa shape index (κ3) is 2.01. The molecular formula is C11H20N2O2. The Kier molecular flexibility index (Phi) is 3.26. The van der Waals surface area contributed by atoms with Crippen molar-refractivity contribution in [1.82, 2.24) is 10.4 Å². The van der Waals surface area contributed by atoms with Gasteiger partial charge in [0.05, 0.1) is 12.0 Å². The van der Waals surface area contributed by atoms with Gasteiger partial charge in [-0.3, -0.25) is 9.63 Å². The van der Waals surface area contributed by atoms with E-state index in [2.05, 4.69) is 12.2 Å². The Morgan fingerprint density at radius 1 is 1.53 bits per heavy atom. The van der Waals surface area contributed by atoms with Crippen molar-refractivity contribution in [3.63, 3.8) is 0 Å². The number of nitrogens with one attached hydrogen (secondary N) is 1. The predicted molar refractivity (Wildman–Crippen MR) is 57.1 cm³/mol. The van der Waals surface area contributed by atoms with E-state index in [1.807, 2.05) is 0 Å². The Hall–Kier alpha value is -0.610. The van der Waals surface area contributed by atoms with E-state index in [9.17, 15) is 4.79 Å². The zero-order valence-corrected chi connectivity index (χ0v) is 9.42. The number of hydroxylamine groups is 2. The summed E-state index contributed by atoms with van der Waals surface area (Å²) in [4.78, 5) is 17.7. The van der Waals surface area contributed by atoms with Crippen LogP contribution in [-0.4, -0.2) is 37.2 Å². The highest BCUT2D eigenvalue weighted by molar-refractivity contribution is 5.82. The second-order valence-electron chi connectivity index (χ2n) is 4.51. The molecule has 0 radical (unpaired) electrons. The molecule has 4 nitrogen and oxygen atoms in total. The molecule has 2 heterocycles. The first-order valence-corrected chi connectivity index (χ1v) is 5.94. The van der Waals surface area contributed by atoms with Crippen molar-refractivity contribution < 1.29 is 9.63 Å². The van der Waals surface area contributed by atoms with Crippen molar-refractivity contribution in [3.8, 4) is 0 Å². The van der Waals surface area contributed by atoms with Gasteiger partial charge in [-0.25, -0.2) is 5.06 Å². The Morgan fingerprint density at radius 2 is 2.40 bits per heavy atom. The number of rotatable bonds is 2. The van der Waals surface area contributed by atoms with Crippen LogP contribution in [0.15, 0.2) is 0 Å². The molecule has 0 spiro atoms. The highest BCUT2D eigenvalue weighted by Gasteiger charge is 2.42. The summed E-state index contributed by atoms with van der Waals surface area (Å²) in [7, 11) is 0. The van der Waals surface area contributed by atoms with Crippen LogP contribution in [0, 0.1) is 5.41 Å². The minimum Gasteiger partial charge on any atom is -0.316 e. The normalized spacial score (nSPS) is 31.9. The van der Waals surface area contributed by atoms with Gasteiger partial charge in [-0.15, -0.1) is 0 Å². The van der Waals surface area contributed by atoms with Gasteiger partial charge < -0.3 is 5.32 Å². The number of hydrogen-bond acceptors (Lipinski definition) is 3. The SMILES string of the molecule is CCC1(C(=O)N2CCCCO2)CCNC1. The van der Waals surface area contributed by atoms with E-state index in [0.29, 0.717) is 6.61 Å². The molecule has 0 aromatic heterocycles. The molecule has 2 saturated heterocycles. The fourth-order valence-corrected chi connectivity index (χ4v) is 2.40. The lowest BCUT2D eigenvalue weighted by Crippen LogP contribution is -2.46. The van der Waals surface area contributed by atoms with E-state index in [4.69, 9.17) is 4.84 Å². The molecule has 1 amide bonds. The molecule has 1 unspecified atom stereocenters. The van der Waals surface area contributed by atoms with Crippen LogP contribution in [0.4, 0.5) is 0 Å². The highest BCUT2D eigenvalue weighted by atomic mass is 16.7. The number of carbonyl (C=O) groups is 1. The standard InChI is InChI=1S/C11H20N2O2/c1-2-11(5-6-12-9-11)10(14)13-7-3-4-8-15-13/h12H,2-9H2,1H3. The summed E-state index contributed by atoms with van der Waals surface area (Å²) in [5.74, 6) is 0.190. The van der Waals surface area contributed by atoms with E-state index in [1.54, 1.807) is 5.06 Å². The van der Waals surface area contributed by atoms with Crippen LogP contribution >= 0.6 is 0 Å². The zero-order valence-electron chi connectivity index (χ0n) is 9.42. The fourth-order valence-electron chi connectivity index (χ4n) is 2.40. The third-order valence-electron chi connectivity index (χ3n) is 3.60. The maximum atomic E-state index is 12.3. The lowest BCUT2D eigenvalue weighted by atomic mass is 9.83. The largest absolute Gasteiger partial charge is 0.316 e. The monoisotopic (exact) mass is 212 g/mol. The predicted octanol–water partition coefficient (Wildman–Crippen LogP) is 0.930. The second kappa shape index (κ2) is 4.49. The summed E-state index contributed by atoms with van der Waals surface area (Å²) in [6.45, 7) is 5.31. The third-order valence-corrected chi connectivity index (χ3v) is 3.60. The van der Waals surface area contributed by atoms with Gasteiger partial charge in [0.15, 0.2) is 0 Å². The molecule has 2 aliphatic heterocycles. The Labute approximate surface area is 90.9 Å².